The van der Waals surface area contributed by atoms with Gasteiger partial charge in [-0.05, 0) is 50.6 Å². The number of carbonyl (C=O) groups excluding carboxylic acids is 2. The number of carbonyl (C=O) groups is 2. The van der Waals surface area contributed by atoms with Crippen LogP contribution in [-0.4, -0.2) is 50.0 Å². The van der Waals surface area contributed by atoms with Crippen LogP contribution in [0.25, 0.3) is 0 Å². The zero-order chi connectivity index (χ0) is 29.0. The molecule has 210 valence electrons. The Hall–Kier alpha value is -2.21. The van der Waals surface area contributed by atoms with E-state index in [2.05, 4.69) is 5.32 Å². The van der Waals surface area contributed by atoms with Crippen molar-refractivity contribution in [1.82, 2.24) is 10.2 Å². The molecule has 0 aromatic heterocycles. The van der Waals surface area contributed by atoms with E-state index in [-0.39, 0.29) is 22.6 Å². The molecule has 0 saturated carbocycles. The van der Waals surface area contributed by atoms with Crippen molar-refractivity contribution in [2.75, 3.05) is 17.1 Å². The number of benzene rings is 2. The summed E-state index contributed by atoms with van der Waals surface area (Å²) >= 11 is 18.2. The van der Waals surface area contributed by atoms with Gasteiger partial charge in [-0.2, -0.15) is 13.2 Å². The third-order valence-electron chi connectivity index (χ3n) is 5.78. The molecule has 2 aromatic rings. The summed E-state index contributed by atoms with van der Waals surface area (Å²) in [5.41, 5.74) is -1.38. The SMILES string of the molecule is CC[C@H](C)NC(=O)[C@@H](C)N(Cc1c(Cl)cccc1Cl)C(=O)CN(c1ccc(Cl)c(C(F)(F)F)c1)S(C)(=O)=O. The summed E-state index contributed by atoms with van der Waals surface area (Å²) in [5.74, 6) is -1.39. The lowest BCUT2D eigenvalue weighted by atomic mass is 10.1. The molecule has 38 heavy (non-hydrogen) atoms. The van der Waals surface area contributed by atoms with Crippen LogP contribution in [-0.2, 0) is 32.3 Å². The van der Waals surface area contributed by atoms with Crippen LogP contribution in [0.2, 0.25) is 15.1 Å². The molecule has 0 unspecified atom stereocenters. The zero-order valence-electron chi connectivity index (χ0n) is 20.9. The standard InChI is InChI=1S/C24H27Cl3F3N3O4S/c1-5-14(2)31-23(35)15(3)32(12-17-19(25)7-6-8-20(17)26)22(34)13-33(38(4,36)37)16-9-10-21(27)18(11-16)24(28,29)30/h6-11,14-15H,5,12-13H2,1-4H3,(H,31,35)/t14-,15+/m0/s1. The molecule has 2 rings (SSSR count). The highest BCUT2D eigenvalue weighted by Gasteiger charge is 2.36. The fourth-order valence-electron chi connectivity index (χ4n) is 3.40. The summed E-state index contributed by atoms with van der Waals surface area (Å²) in [4.78, 5) is 27.5. The van der Waals surface area contributed by atoms with Crippen LogP contribution >= 0.6 is 34.8 Å². The summed E-state index contributed by atoms with van der Waals surface area (Å²) in [6, 6.07) is 5.82. The van der Waals surface area contributed by atoms with Crippen molar-refractivity contribution in [3.63, 3.8) is 0 Å². The minimum atomic E-state index is -4.87. The number of halogens is 6. The van der Waals surface area contributed by atoms with E-state index in [1.807, 2.05) is 6.92 Å². The normalized spacial score (nSPS) is 13.5. The first-order valence-corrected chi connectivity index (χ1v) is 14.3. The van der Waals surface area contributed by atoms with Gasteiger partial charge >= 0.3 is 6.18 Å². The summed E-state index contributed by atoms with van der Waals surface area (Å²) < 4.78 is 66.0. The van der Waals surface area contributed by atoms with E-state index in [4.69, 9.17) is 34.8 Å². The number of hydrogen-bond acceptors (Lipinski definition) is 4. The molecule has 0 aliphatic heterocycles. The van der Waals surface area contributed by atoms with Gasteiger partial charge in [0.1, 0.15) is 12.6 Å². The average molecular weight is 617 g/mol. The van der Waals surface area contributed by atoms with Crippen LogP contribution in [0.5, 0.6) is 0 Å². The smallest absolute Gasteiger partial charge is 0.352 e. The van der Waals surface area contributed by atoms with Crippen molar-refractivity contribution in [3.05, 3.63) is 62.6 Å². The Morgan fingerprint density at radius 2 is 1.61 bits per heavy atom. The van der Waals surface area contributed by atoms with Gasteiger partial charge in [-0.15, -0.1) is 0 Å². The van der Waals surface area contributed by atoms with Crippen LogP contribution in [0.15, 0.2) is 36.4 Å². The number of hydrogen-bond donors (Lipinski definition) is 1. The predicted molar refractivity (Wildman–Crippen MR) is 143 cm³/mol. The molecule has 2 amide bonds. The molecule has 0 radical (unpaired) electrons. The first-order valence-electron chi connectivity index (χ1n) is 11.3. The van der Waals surface area contributed by atoms with Crippen LogP contribution in [0.3, 0.4) is 0 Å². The molecule has 0 spiro atoms. The Kier molecular flexibility index (Phi) is 10.7. The van der Waals surface area contributed by atoms with Crippen LogP contribution in [0.4, 0.5) is 18.9 Å². The summed E-state index contributed by atoms with van der Waals surface area (Å²) in [5, 5.41) is 2.53. The highest BCUT2D eigenvalue weighted by atomic mass is 35.5. The molecular formula is C24H27Cl3F3N3O4S. The quantitative estimate of drug-likeness (QED) is 0.368. The number of sulfonamides is 1. The van der Waals surface area contributed by atoms with E-state index in [0.717, 1.165) is 23.3 Å². The number of anilines is 1. The summed E-state index contributed by atoms with van der Waals surface area (Å²) in [7, 11) is -4.26. The second-order valence-corrected chi connectivity index (χ2v) is 11.8. The molecule has 0 bridgehead atoms. The largest absolute Gasteiger partial charge is 0.417 e. The third kappa shape index (κ3) is 8.14. The maximum absolute atomic E-state index is 13.6. The van der Waals surface area contributed by atoms with Crippen LogP contribution in [0, 0.1) is 0 Å². The molecule has 1 N–H and O–H groups in total. The van der Waals surface area contributed by atoms with E-state index in [9.17, 15) is 31.2 Å². The number of amides is 2. The van der Waals surface area contributed by atoms with E-state index in [1.54, 1.807) is 13.0 Å². The highest BCUT2D eigenvalue weighted by Crippen LogP contribution is 2.37. The minimum absolute atomic E-state index is 0.206. The molecule has 7 nitrogen and oxygen atoms in total. The van der Waals surface area contributed by atoms with Crippen molar-refractivity contribution in [1.29, 1.82) is 0 Å². The maximum Gasteiger partial charge on any atom is 0.417 e. The molecule has 0 fully saturated rings. The Balaban J connectivity index is 2.53. The van der Waals surface area contributed by atoms with Crippen LogP contribution in [0.1, 0.15) is 38.3 Å². The third-order valence-corrected chi connectivity index (χ3v) is 7.96. The van der Waals surface area contributed by atoms with E-state index in [1.165, 1.54) is 19.1 Å². The van der Waals surface area contributed by atoms with Gasteiger partial charge in [0.2, 0.25) is 21.8 Å². The Morgan fingerprint density at radius 3 is 2.11 bits per heavy atom. The Labute approximate surface area is 234 Å². The van der Waals surface area contributed by atoms with Gasteiger partial charge in [0.25, 0.3) is 0 Å². The zero-order valence-corrected chi connectivity index (χ0v) is 24.0. The molecule has 2 atom stereocenters. The predicted octanol–water partition coefficient (Wildman–Crippen LogP) is 5.76. The number of alkyl halides is 3. The lowest BCUT2D eigenvalue weighted by Crippen LogP contribution is -2.52. The van der Waals surface area contributed by atoms with Crippen molar-refractivity contribution in [3.8, 4) is 0 Å². The van der Waals surface area contributed by atoms with Gasteiger partial charge < -0.3 is 10.2 Å². The summed E-state index contributed by atoms with van der Waals surface area (Å²) in [6.07, 6.45) is -3.51. The number of nitrogens with one attached hydrogen (secondary N) is 1. The summed E-state index contributed by atoms with van der Waals surface area (Å²) in [6.45, 7) is 3.90. The number of nitrogens with zero attached hydrogens (tertiary/aromatic N) is 2. The van der Waals surface area contributed by atoms with Crippen molar-refractivity contribution in [2.24, 2.45) is 0 Å². The van der Waals surface area contributed by atoms with Crippen LogP contribution < -0.4 is 9.62 Å². The van der Waals surface area contributed by atoms with Gasteiger partial charge in [-0.3, -0.25) is 13.9 Å². The lowest BCUT2D eigenvalue weighted by Gasteiger charge is -2.32. The molecule has 2 aromatic carbocycles. The Bertz CT molecular complexity index is 1270. The van der Waals surface area contributed by atoms with Crippen molar-refractivity contribution >= 4 is 62.3 Å². The van der Waals surface area contributed by atoms with E-state index in [0.29, 0.717) is 22.4 Å². The average Bonchev–Trinajstić information content (AvgIpc) is 2.80. The van der Waals surface area contributed by atoms with Gasteiger partial charge in [0.15, 0.2) is 0 Å². The fourth-order valence-corrected chi connectivity index (χ4v) is 4.98. The molecule has 0 aliphatic carbocycles. The highest BCUT2D eigenvalue weighted by molar-refractivity contribution is 7.92. The molecule has 0 aliphatic rings. The van der Waals surface area contributed by atoms with Gasteiger partial charge in [0, 0.05) is 28.2 Å². The topological polar surface area (TPSA) is 86.8 Å². The molecule has 0 saturated heterocycles. The van der Waals surface area contributed by atoms with Crippen molar-refractivity contribution in [2.45, 2.75) is 52.0 Å². The second kappa shape index (κ2) is 12.8. The molecular weight excluding hydrogens is 590 g/mol. The van der Waals surface area contributed by atoms with Gasteiger partial charge in [-0.1, -0.05) is 47.8 Å². The lowest BCUT2D eigenvalue weighted by molar-refractivity contribution is -0.139. The molecule has 14 heteroatoms. The van der Waals surface area contributed by atoms with Gasteiger partial charge in [-0.25, -0.2) is 8.42 Å². The Morgan fingerprint density at radius 1 is 1.03 bits per heavy atom. The maximum atomic E-state index is 13.6. The van der Waals surface area contributed by atoms with Crippen molar-refractivity contribution < 1.29 is 31.2 Å². The molecule has 0 heterocycles. The van der Waals surface area contributed by atoms with E-state index < -0.39 is 56.9 Å². The second-order valence-electron chi connectivity index (χ2n) is 8.65. The fraction of sp³-hybridized carbons (Fsp3) is 0.417. The van der Waals surface area contributed by atoms with Gasteiger partial charge in [0.05, 0.1) is 22.5 Å². The first-order chi connectivity index (χ1) is 17.5. The van der Waals surface area contributed by atoms with E-state index >= 15 is 0 Å². The monoisotopic (exact) mass is 615 g/mol. The minimum Gasteiger partial charge on any atom is -0.352 e. The number of rotatable bonds is 10. The first kappa shape index (κ1) is 32.0.